The number of carbonyl (C=O) groups excluding carboxylic acids is 1. The van der Waals surface area contributed by atoms with E-state index in [1.165, 1.54) is 0 Å². The van der Waals surface area contributed by atoms with Gasteiger partial charge in [0.1, 0.15) is 18.1 Å². The van der Waals surface area contributed by atoms with Crippen molar-refractivity contribution in [2.24, 2.45) is 0 Å². The van der Waals surface area contributed by atoms with Crippen LogP contribution in [-0.4, -0.2) is 43.0 Å². The molecule has 0 saturated heterocycles. The van der Waals surface area contributed by atoms with E-state index in [-0.39, 0.29) is 11.9 Å². The number of likely N-dealkylation sites (N-methyl/N-ethyl adjacent to an activating group) is 1. The van der Waals surface area contributed by atoms with Crippen molar-refractivity contribution in [3.63, 3.8) is 0 Å². The monoisotopic (exact) mass is 481 g/mol. The van der Waals surface area contributed by atoms with Crippen LogP contribution < -0.4 is 9.47 Å². The van der Waals surface area contributed by atoms with Gasteiger partial charge < -0.3 is 14.4 Å². The van der Waals surface area contributed by atoms with E-state index in [2.05, 4.69) is 24.8 Å². The second kappa shape index (κ2) is 11.9. The zero-order valence-electron chi connectivity index (χ0n) is 21.7. The smallest absolute Gasteiger partial charge is 0.194 e. The number of ether oxygens (including phenoxy) is 2. The van der Waals surface area contributed by atoms with E-state index in [1.54, 1.807) is 0 Å². The first kappa shape index (κ1) is 25.5. The van der Waals surface area contributed by atoms with E-state index in [0.29, 0.717) is 17.7 Å². The van der Waals surface area contributed by atoms with Crippen LogP contribution in [0.25, 0.3) is 21.9 Å². The fourth-order valence-electron chi connectivity index (χ4n) is 4.42. The summed E-state index contributed by atoms with van der Waals surface area (Å²) < 4.78 is 11.7. The Bertz CT molecular complexity index is 1290. The molecule has 0 aromatic heterocycles. The molecular weight excluding hydrogens is 446 g/mol. The molecule has 0 aliphatic carbocycles. The van der Waals surface area contributed by atoms with Crippen LogP contribution in [0, 0.1) is 0 Å². The molecule has 4 rings (SSSR count). The third kappa shape index (κ3) is 5.95. The van der Waals surface area contributed by atoms with Crippen LogP contribution in [0.15, 0.2) is 84.9 Å². The summed E-state index contributed by atoms with van der Waals surface area (Å²) in [5.41, 5.74) is 3.25. The molecular formula is C32H35NO3. The summed E-state index contributed by atoms with van der Waals surface area (Å²) in [4.78, 5) is 16.2. The molecule has 4 aromatic carbocycles. The van der Waals surface area contributed by atoms with E-state index in [1.807, 2.05) is 92.7 Å². The Morgan fingerprint density at radius 2 is 1.47 bits per heavy atom. The molecule has 0 N–H and O–H groups in total. The number of benzene rings is 4. The van der Waals surface area contributed by atoms with Gasteiger partial charge in [0.05, 0.1) is 6.10 Å². The molecule has 186 valence electrons. The van der Waals surface area contributed by atoms with E-state index in [4.69, 9.17) is 9.47 Å². The molecule has 0 atom stereocenters. The van der Waals surface area contributed by atoms with Crippen molar-refractivity contribution in [3.8, 4) is 22.6 Å². The number of fused-ring (bicyclic) bond motifs is 1. The average Bonchev–Trinajstić information content (AvgIpc) is 2.90. The quantitative estimate of drug-likeness (QED) is 0.212. The minimum absolute atomic E-state index is 0.000928. The Kier molecular flexibility index (Phi) is 8.40. The van der Waals surface area contributed by atoms with Gasteiger partial charge in [-0.05, 0) is 85.2 Å². The zero-order chi connectivity index (χ0) is 25.5. The number of hydrogen-bond donors (Lipinski definition) is 0. The highest BCUT2D eigenvalue weighted by Gasteiger charge is 2.19. The topological polar surface area (TPSA) is 38.8 Å². The summed E-state index contributed by atoms with van der Waals surface area (Å²) in [7, 11) is 0. The summed E-state index contributed by atoms with van der Waals surface area (Å²) in [6.07, 6.45) is 0.109. The summed E-state index contributed by atoms with van der Waals surface area (Å²) in [5, 5.41) is 1.99. The third-order valence-corrected chi connectivity index (χ3v) is 6.38. The largest absolute Gasteiger partial charge is 0.492 e. The number of ketones is 1. The maximum atomic E-state index is 13.9. The first-order chi connectivity index (χ1) is 17.5. The molecule has 0 aliphatic heterocycles. The SMILES string of the molecule is CCN(CC)CCOc1ccc(C(=O)c2c(-c3ccc(OC(C)C)cc3)ccc3ccccc23)cc1. The van der Waals surface area contributed by atoms with Gasteiger partial charge in [0.2, 0.25) is 0 Å². The molecule has 4 heteroatoms. The van der Waals surface area contributed by atoms with Crippen molar-refractivity contribution in [1.82, 2.24) is 4.90 Å². The van der Waals surface area contributed by atoms with Crippen molar-refractivity contribution in [1.29, 1.82) is 0 Å². The summed E-state index contributed by atoms with van der Waals surface area (Å²) in [5.74, 6) is 1.59. The highest BCUT2D eigenvalue weighted by atomic mass is 16.5. The lowest BCUT2D eigenvalue weighted by Crippen LogP contribution is -2.27. The molecule has 0 unspecified atom stereocenters. The summed E-state index contributed by atoms with van der Waals surface area (Å²) >= 11 is 0. The first-order valence-electron chi connectivity index (χ1n) is 12.8. The lowest BCUT2D eigenvalue weighted by atomic mass is 9.89. The van der Waals surface area contributed by atoms with Gasteiger partial charge in [-0.15, -0.1) is 0 Å². The van der Waals surface area contributed by atoms with E-state index >= 15 is 0 Å². The van der Waals surface area contributed by atoms with Crippen LogP contribution in [0.1, 0.15) is 43.6 Å². The average molecular weight is 482 g/mol. The van der Waals surface area contributed by atoms with Gasteiger partial charge in [-0.25, -0.2) is 0 Å². The molecule has 0 radical (unpaired) electrons. The van der Waals surface area contributed by atoms with Gasteiger partial charge >= 0.3 is 0 Å². The number of nitrogens with zero attached hydrogens (tertiary/aromatic N) is 1. The van der Waals surface area contributed by atoms with Crippen LogP contribution in [0.5, 0.6) is 11.5 Å². The lowest BCUT2D eigenvalue weighted by molar-refractivity contribution is 0.104. The normalized spacial score (nSPS) is 11.3. The standard InChI is InChI=1S/C32H35NO3/c1-5-33(6-2)21-22-35-27-16-13-26(14-17-27)32(34)31-29-10-8-7-9-24(29)15-20-30(31)25-11-18-28(19-12-25)36-23(3)4/h7-20,23H,5-6,21-22H2,1-4H3. The van der Waals surface area contributed by atoms with Gasteiger partial charge in [0, 0.05) is 17.7 Å². The van der Waals surface area contributed by atoms with Crippen molar-refractivity contribution < 1.29 is 14.3 Å². The Morgan fingerprint density at radius 1 is 0.806 bits per heavy atom. The predicted molar refractivity (Wildman–Crippen MR) is 148 cm³/mol. The fourth-order valence-corrected chi connectivity index (χ4v) is 4.42. The third-order valence-electron chi connectivity index (χ3n) is 6.38. The second-order valence-corrected chi connectivity index (χ2v) is 9.13. The van der Waals surface area contributed by atoms with Crippen molar-refractivity contribution in [2.45, 2.75) is 33.8 Å². The molecule has 0 spiro atoms. The Labute approximate surface area is 214 Å². The van der Waals surface area contributed by atoms with Crippen LogP contribution in [-0.2, 0) is 0 Å². The van der Waals surface area contributed by atoms with Gasteiger partial charge in [0.25, 0.3) is 0 Å². The molecule has 4 aromatic rings. The highest BCUT2D eigenvalue weighted by molar-refractivity contribution is 6.20. The minimum Gasteiger partial charge on any atom is -0.492 e. The van der Waals surface area contributed by atoms with Crippen molar-refractivity contribution in [2.75, 3.05) is 26.2 Å². The first-order valence-corrected chi connectivity index (χ1v) is 12.8. The molecule has 0 fully saturated rings. The van der Waals surface area contributed by atoms with Crippen molar-refractivity contribution >= 4 is 16.6 Å². The molecule has 0 saturated carbocycles. The van der Waals surface area contributed by atoms with Crippen molar-refractivity contribution in [3.05, 3.63) is 96.1 Å². The zero-order valence-corrected chi connectivity index (χ0v) is 21.7. The van der Waals surface area contributed by atoms with E-state index in [9.17, 15) is 4.79 Å². The second-order valence-electron chi connectivity index (χ2n) is 9.13. The Balaban J connectivity index is 1.64. The lowest BCUT2D eigenvalue weighted by Gasteiger charge is -2.18. The Hall–Kier alpha value is -3.63. The highest BCUT2D eigenvalue weighted by Crippen LogP contribution is 2.33. The number of hydrogen-bond acceptors (Lipinski definition) is 4. The van der Waals surface area contributed by atoms with Crippen LogP contribution in [0.2, 0.25) is 0 Å². The van der Waals surface area contributed by atoms with Gasteiger partial charge in [0.15, 0.2) is 5.78 Å². The number of rotatable bonds is 11. The van der Waals surface area contributed by atoms with E-state index in [0.717, 1.165) is 53.0 Å². The fraction of sp³-hybridized carbons (Fsp3) is 0.281. The summed E-state index contributed by atoms with van der Waals surface area (Å²) in [6.45, 7) is 11.8. The Morgan fingerprint density at radius 3 is 2.14 bits per heavy atom. The maximum Gasteiger partial charge on any atom is 0.194 e. The number of carbonyl (C=O) groups is 1. The van der Waals surface area contributed by atoms with E-state index < -0.39 is 0 Å². The van der Waals surface area contributed by atoms with Crippen LogP contribution >= 0.6 is 0 Å². The maximum absolute atomic E-state index is 13.9. The van der Waals surface area contributed by atoms with Gasteiger partial charge in [-0.2, -0.15) is 0 Å². The minimum atomic E-state index is -0.000928. The van der Waals surface area contributed by atoms with Gasteiger partial charge in [-0.3, -0.25) is 4.79 Å². The molecule has 36 heavy (non-hydrogen) atoms. The molecule has 0 bridgehead atoms. The van der Waals surface area contributed by atoms with Crippen LogP contribution in [0.4, 0.5) is 0 Å². The molecule has 4 nitrogen and oxygen atoms in total. The van der Waals surface area contributed by atoms with Crippen LogP contribution in [0.3, 0.4) is 0 Å². The summed E-state index contributed by atoms with van der Waals surface area (Å²) in [6, 6.07) is 27.6. The van der Waals surface area contributed by atoms with Gasteiger partial charge in [-0.1, -0.05) is 62.4 Å². The molecule has 0 amide bonds. The predicted octanol–water partition coefficient (Wildman–Crippen LogP) is 7.25. The molecule has 0 aliphatic rings. The molecule has 0 heterocycles.